The van der Waals surface area contributed by atoms with Gasteiger partial charge in [-0.05, 0) is 37.0 Å². The molecule has 1 heterocycles. The van der Waals surface area contributed by atoms with Crippen LogP contribution in [0.5, 0.6) is 5.75 Å². The fourth-order valence-corrected chi connectivity index (χ4v) is 3.46. The number of nitrogens with two attached hydrogens (primary N) is 1. The summed E-state index contributed by atoms with van der Waals surface area (Å²) in [7, 11) is 3.38. The van der Waals surface area contributed by atoms with Crippen molar-refractivity contribution in [1.29, 1.82) is 0 Å². The molecular weight excluding hydrogens is 330 g/mol. The molecule has 6 nitrogen and oxygen atoms in total. The van der Waals surface area contributed by atoms with Crippen LogP contribution in [0.25, 0.3) is 0 Å². The van der Waals surface area contributed by atoms with Crippen LogP contribution in [-0.2, 0) is 9.59 Å². The van der Waals surface area contributed by atoms with Crippen LogP contribution < -0.4 is 15.8 Å². The standard InChI is InChI=1S/C20H31N3O3/c1-5-20(21,6-2)13-22-19(25)16-11-12-17(24)23(3)18(16)14-7-9-15(26-4)10-8-14/h7-10,16,18H,5-6,11-13,21H2,1-4H3,(H,22,25). The smallest absolute Gasteiger partial charge is 0.225 e. The van der Waals surface area contributed by atoms with E-state index >= 15 is 0 Å². The Balaban J connectivity index is 2.20. The second-order valence-electron chi connectivity index (χ2n) is 7.16. The van der Waals surface area contributed by atoms with E-state index in [1.807, 2.05) is 38.1 Å². The fourth-order valence-electron chi connectivity index (χ4n) is 3.46. The highest BCUT2D eigenvalue weighted by Gasteiger charge is 2.39. The first-order valence-corrected chi connectivity index (χ1v) is 9.31. The van der Waals surface area contributed by atoms with Crippen LogP contribution in [0, 0.1) is 5.92 Å². The van der Waals surface area contributed by atoms with Gasteiger partial charge in [0.05, 0.1) is 19.1 Å². The van der Waals surface area contributed by atoms with Gasteiger partial charge in [0.1, 0.15) is 5.75 Å². The van der Waals surface area contributed by atoms with Crippen LogP contribution in [0.3, 0.4) is 0 Å². The molecule has 1 saturated heterocycles. The molecule has 2 rings (SSSR count). The molecule has 144 valence electrons. The summed E-state index contributed by atoms with van der Waals surface area (Å²) in [5.41, 5.74) is 6.86. The van der Waals surface area contributed by atoms with Gasteiger partial charge >= 0.3 is 0 Å². The minimum absolute atomic E-state index is 0.0399. The molecule has 1 fully saturated rings. The highest BCUT2D eigenvalue weighted by Crippen LogP contribution is 2.36. The lowest BCUT2D eigenvalue weighted by Crippen LogP contribution is -2.52. The largest absolute Gasteiger partial charge is 0.497 e. The molecule has 0 aliphatic carbocycles. The van der Waals surface area contributed by atoms with Crippen molar-refractivity contribution in [2.24, 2.45) is 11.7 Å². The number of amides is 2. The molecule has 2 amide bonds. The first kappa shape index (κ1) is 20.2. The number of hydrogen-bond donors (Lipinski definition) is 2. The van der Waals surface area contributed by atoms with E-state index in [1.54, 1.807) is 19.1 Å². The Morgan fingerprint density at radius 1 is 1.31 bits per heavy atom. The van der Waals surface area contributed by atoms with Gasteiger partial charge < -0.3 is 20.7 Å². The fraction of sp³-hybridized carbons (Fsp3) is 0.600. The van der Waals surface area contributed by atoms with Crippen LogP contribution >= 0.6 is 0 Å². The second kappa shape index (κ2) is 8.54. The third-order valence-corrected chi connectivity index (χ3v) is 5.68. The predicted molar refractivity (Wildman–Crippen MR) is 102 cm³/mol. The number of piperidine rings is 1. The Kier molecular flexibility index (Phi) is 6.64. The Morgan fingerprint density at radius 3 is 2.46 bits per heavy atom. The number of rotatable bonds is 7. The number of carbonyl (C=O) groups excluding carboxylic acids is 2. The highest BCUT2D eigenvalue weighted by atomic mass is 16.5. The molecule has 0 spiro atoms. The van der Waals surface area contributed by atoms with Crippen molar-refractivity contribution in [3.8, 4) is 5.75 Å². The lowest BCUT2D eigenvalue weighted by molar-refractivity contribution is -0.141. The van der Waals surface area contributed by atoms with Crippen molar-refractivity contribution < 1.29 is 14.3 Å². The zero-order chi connectivity index (χ0) is 19.3. The zero-order valence-electron chi connectivity index (χ0n) is 16.2. The normalized spacial score (nSPS) is 20.8. The van der Waals surface area contributed by atoms with E-state index in [9.17, 15) is 9.59 Å². The van der Waals surface area contributed by atoms with Crippen molar-refractivity contribution in [1.82, 2.24) is 10.2 Å². The Morgan fingerprint density at radius 2 is 1.92 bits per heavy atom. The number of nitrogens with zero attached hydrogens (tertiary/aromatic N) is 1. The first-order valence-electron chi connectivity index (χ1n) is 9.31. The second-order valence-corrected chi connectivity index (χ2v) is 7.16. The molecule has 2 atom stereocenters. The van der Waals surface area contributed by atoms with E-state index in [0.717, 1.165) is 24.2 Å². The highest BCUT2D eigenvalue weighted by molar-refractivity contribution is 5.85. The van der Waals surface area contributed by atoms with Crippen molar-refractivity contribution in [2.75, 3.05) is 20.7 Å². The van der Waals surface area contributed by atoms with E-state index in [1.165, 1.54) is 0 Å². The SMILES string of the molecule is CCC(N)(CC)CNC(=O)C1CCC(=O)N(C)C1c1ccc(OC)cc1. The molecular formula is C20H31N3O3. The number of benzene rings is 1. The minimum atomic E-state index is -0.387. The number of nitrogens with one attached hydrogen (secondary N) is 1. The quantitative estimate of drug-likeness (QED) is 0.780. The molecule has 0 bridgehead atoms. The maximum absolute atomic E-state index is 12.9. The zero-order valence-corrected chi connectivity index (χ0v) is 16.2. The van der Waals surface area contributed by atoms with Crippen molar-refractivity contribution in [2.45, 2.75) is 51.1 Å². The molecule has 3 N–H and O–H groups in total. The van der Waals surface area contributed by atoms with Gasteiger partial charge in [-0.2, -0.15) is 0 Å². The van der Waals surface area contributed by atoms with Gasteiger partial charge in [-0.15, -0.1) is 0 Å². The summed E-state index contributed by atoms with van der Waals surface area (Å²) in [6, 6.07) is 7.28. The van der Waals surface area contributed by atoms with Crippen molar-refractivity contribution in [3.05, 3.63) is 29.8 Å². The summed E-state index contributed by atoms with van der Waals surface area (Å²) >= 11 is 0. The maximum atomic E-state index is 12.9. The molecule has 1 aliphatic rings. The lowest BCUT2D eigenvalue weighted by Gasteiger charge is -2.39. The molecule has 2 unspecified atom stereocenters. The summed E-state index contributed by atoms with van der Waals surface area (Å²) in [5.74, 6) is 0.481. The molecule has 1 aromatic carbocycles. The first-order chi connectivity index (χ1) is 12.3. The van der Waals surface area contributed by atoms with Gasteiger partial charge in [-0.1, -0.05) is 26.0 Å². The van der Waals surface area contributed by atoms with E-state index < -0.39 is 0 Å². The third kappa shape index (κ3) is 4.36. The third-order valence-electron chi connectivity index (χ3n) is 5.68. The molecule has 26 heavy (non-hydrogen) atoms. The number of carbonyl (C=O) groups is 2. The molecule has 6 heteroatoms. The number of ether oxygens (including phenoxy) is 1. The number of methoxy groups -OCH3 is 1. The van der Waals surface area contributed by atoms with Crippen molar-refractivity contribution in [3.63, 3.8) is 0 Å². The molecule has 1 aliphatic heterocycles. The lowest BCUT2D eigenvalue weighted by atomic mass is 9.83. The van der Waals surface area contributed by atoms with E-state index in [0.29, 0.717) is 19.4 Å². The molecule has 0 saturated carbocycles. The van der Waals surface area contributed by atoms with Crippen LogP contribution in [0.4, 0.5) is 0 Å². The Hall–Kier alpha value is -2.08. The topological polar surface area (TPSA) is 84.7 Å². The van der Waals surface area contributed by atoms with Gasteiger partial charge in [0.25, 0.3) is 0 Å². The summed E-state index contributed by atoms with van der Waals surface area (Å²) < 4.78 is 5.21. The number of likely N-dealkylation sites (tertiary alicyclic amines) is 1. The van der Waals surface area contributed by atoms with Crippen LogP contribution in [0.2, 0.25) is 0 Å². The number of hydrogen-bond acceptors (Lipinski definition) is 4. The monoisotopic (exact) mass is 361 g/mol. The average molecular weight is 361 g/mol. The summed E-state index contributed by atoms with van der Waals surface area (Å²) in [5, 5.41) is 3.03. The van der Waals surface area contributed by atoms with Gasteiger partial charge in [-0.3, -0.25) is 9.59 Å². The van der Waals surface area contributed by atoms with Gasteiger partial charge in [-0.25, -0.2) is 0 Å². The maximum Gasteiger partial charge on any atom is 0.225 e. The van der Waals surface area contributed by atoms with E-state index in [-0.39, 0.29) is 29.3 Å². The van der Waals surface area contributed by atoms with Gasteiger partial charge in [0, 0.05) is 25.6 Å². The van der Waals surface area contributed by atoms with Crippen molar-refractivity contribution >= 4 is 11.8 Å². The summed E-state index contributed by atoms with van der Waals surface area (Å²) in [6.45, 7) is 4.51. The van der Waals surface area contributed by atoms with Gasteiger partial charge in [0.2, 0.25) is 11.8 Å². The summed E-state index contributed by atoms with van der Waals surface area (Å²) in [6.07, 6.45) is 2.53. The van der Waals surface area contributed by atoms with Gasteiger partial charge in [0.15, 0.2) is 0 Å². The predicted octanol–water partition coefficient (Wildman–Crippen LogP) is 2.24. The molecule has 0 radical (unpaired) electrons. The van der Waals surface area contributed by atoms with E-state index in [4.69, 9.17) is 10.5 Å². The molecule has 1 aromatic rings. The Labute approximate surface area is 156 Å². The van der Waals surface area contributed by atoms with Crippen LogP contribution in [-0.4, -0.2) is 43.0 Å². The summed E-state index contributed by atoms with van der Waals surface area (Å²) in [4.78, 5) is 26.8. The van der Waals surface area contributed by atoms with Crippen LogP contribution in [0.1, 0.15) is 51.1 Å². The van der Waals surface area contributed by atoms with Crippen LogP contribution in [0.15, 0.2) is 24.3 Å². The minimum Gasteiger partial charge on any atom is -0.497 e. The average Bonchev–Trinajstić information content (AvgIpc) is 2.68. The van der Waals surface area contributed by atoms with E-state index in [2.05, 4.69) is 5.32 Å². The Bertz CT molecular complexity index is 626. The molecule has 0 aromatic heterocycles.